The van der Waals surface area contributed by atoms with Crippen LogP contribution in [-0.2, 0) is 0 Å². The topological polar surface area (TPSA) is 17.1 Å². The van der Waals surface area contributed by atoms with Crippen molar-refractivity contribution in [2.75, 3.05) is 0 Å². The molecule has 2 fully saturated rings. The summed E-state index contributed by atoms with van der Waals surface area (Å²) in [7, 11) is 0. The summed E-state index contributed by atoms with van der Waals surface area (Å²) in [6, 6.07) is 9.92. The highest BCUT2D eigenvalue weighted by atomic mass is 16.1. The Kier molecular flexibility index (Phi) is 3.23. The van der Waals surface area contributed by atoms with E-state index in [0.29, 0.717) is 17.1 Å². The quantitative estimate of drug-likeness (QED) is 0.692. The van der Waals surface area contributed by atoms with E-state index in [9.17, 15) is 4.79 Å². The highest BCUT2D eigenvalue weighted by Crippen LogP contribution is 2.53. The van der Waals surface area contributed by atoms with E-state index in [2.05, 4.69) is 0 Å². The van der Waals surface area contributed by atoms with Crippen LogP contribution in [0.1, 0.15) is 61.7 Å². The fourth-order valence-electron chi connectivity index (χ4n) is 4.21. The predicted molar refractivity (Wildman–Crippen MR) is 73.6 cm³/mol. The largest absolute Gasteiger partial charge is 0.294 e. The van der Waals surface area contributed by atoms with Gasteiger partial charge in [-0.05, 0) is 31.1 Å². The lowest BCUT2D eigenvalue weighted by atomic mass is 9.65. The molecule has 1 nitrogen and oxygen atoms in total. The fraction of sp³-hybridized carbons (Fsp3) is 0.588. The molecule has 2 aliphatic carbocycles. The predicted octanol–water partition coefficient (Wildman–Crippen LogP) is 4.62. The molecule has 0 aliphatic heterocycles. The Morgan fingerprint density at radius 3 is 2.33 bits per heavy atom. The highest BCUT2D eigenvalue weighted by Gasteiger charge is 2.46. The van der Waals surface area contributed by atoms with Gasteiger partial charge < -0.3 is 0 Å². The zero-order chi connectivity index (χ0) is 12.4. The average Bonchev–Trinajstić information content (AvgIpc) is 2.83. The molecule has 1 aromatic rings. The maximum absolute atomic E-state index is 12.7. The molecule has 2 aliphatic rings. The maximum Gasteiger partial charge on any atom is 0.166 e. The van der Waals surface area contributed by atoms with Crippen molar-refractivity contribution in [1.29, 1.82) is 0 Å². The van der Waals surface area contributed by atoms with Crippen LogP contribution in [0.4, 0.5) is 0 Å². The van der Waals surface area contributed by atoms with Crippen LogP contribution in [0.15, 0.2) is 30.3 Å². The van der Waals surface area contributed by atoms with Crippen molar-refractivity contribution in [1.82, 2.24) is 0 Å². The van der Waals surface area contributed by atoms with Crippen LogP contribution in [0.25, 0.3) is 0 Å². The van der Waals surface area contributed by atoms with Crippen LogP contribution in [0, 0.1) is 11.3 Å². The van der Waals surface area contributed by atoms with Gasteiger partial charge in [-0.15, -0.1) is 0 Å². The van der Waals surface area contributed by atoms with Gasteiger partial charge in [0.15, 0.2) is 5.78 Å². The van der Waals surface area contributed by atoms with Gasteiger partial charge in [0.2, 0.25) is 0 Å². The van der Waals surface area contributed by atoms with Crippen molar-refractivity contribution in [2.24, 2.45) is 11.3 Å². The molecule has 0 aromatic heterocycles. The van der Waals surface area contributed by atoms with Crippen molar-refractivity contribution in [3.63, 3.8) is 0 Å². The molecule has 0 radical (unpaired) electrons. The van der Waals surface area contributed by atoms with E-state index in [1.807, 2.05) is 30.3 Å². The summed E-state index contributed by atoms with van der Waals surface area (Å²) in [5.41, 5.74) is 1.29. The minimum atomic E-state index is 0.306. The normalized spacial score (nSPS) is 26.3. The Bertz CT molecular complexity index is 414. The van der Waals surface area contributed by atoms with Crippen LogP contribution >= 0.6 is 0 Å². The standard InChI is InChI=1S/C17H22O/c18-16(14-8-3-1-4-9-14)15-10-7-13-17(15)11-5-2-6-12-17/h1,3-4,8-9,15H,2,5-7,10-13H2. The first-order valence-electron chi connectivity index (χ1n) is 7.41. The third kappa shape index (κ3) is 2.00. The molecule has 3 rings (SSSR count). The number of ketones is 1. The van der Waals surface area contributed by atoms with Crippen molar-refractivity contribution in [3.8, 4) is 0 Å². The third-order valence-corrected chi connectivity index (χ3v) is 5.13. The van der Waals surface area contributed by atoms with Crippen molar-refractivity contribution in [2.45, 2.75) is 51.4 Å². The van der Waals surface area contributed by atoms with Crippen LogP contribution < -0.4 is 0 Å². The molecule has 1 aromatic carbocycles. The molecular weight excluding hydrogens is 220 g/mol. The summed E-state index contributed by atoms with van der Waals surface area (Å²) in [6.45, 7) is 0. The zero-order valence-corrected chi connectivity index (χ0v) is 11.0. The summed E-state index contributed by atoms with van der Waals surface area (Å²) in [5, 5.41) is 0. The van der Waals surface area contributed by atoms with E-state index < -0.39 is 0 Å². The van der Waals surface area contributed by atoms with Crippen molar-refractivity contribution >= 4 is 5.78 Å². The molecule has 1 unspecified atom stereocenters. The van der Waals surface area contributed by atoms with E-state index in [1.54, 1.807) is 0 Å². The fourth-order valence-corrected chi connectivity index (χ4v) is 4.21. The molecule has 0 saturated heterocycles. The second-order valence-electron chi connectivity index (χ2n) is 6.10. The lowest BCUT2D eigenvalue weighted by molar-refractivity contribution is 0.0708. The number of carbonyl (C=O) groups is 1. The number of hydrogen-bond donors (Lipinski definition) is 0. The smallest absolute Gasteiger partial charge is 0.166 e. The van der Waals surface area contributed by atoms with Gasteiger partial charge in [-0.3, -0.25) is 4.79 Å². The van der Waals surface area contributed by atoms with E-state index in [-0.39, 0.29) is 0 Å². The monoisotopic (exact) mass is 242 g/mol. The SMILES string of the molecule is O=C(c1ccccc1)C1CCCC12CCCCC2. The van der Waals surface area contributed by atoms with Gasteiger partial charge in [0.25, 0.3) is 0 Å². The summed E-state index contributed by atoms with van der Waals surface area (Å²) < 4.78 is 0. The number of carbonyl (C=O) groups excluding carboxylic acids is 1. The van der Waals surface area contributed by atoms with Gasteiger partial charge in [0, 0.05) is 11.5 Å². The first-order chi connectivity index (χ1) is 8.82. The molecule has 96 valence electrons. The van der Waals surface area contributed by atoms with Crippen LogP contribution in [0.2, 0.25) is 0 Å². The molecule has 1 spiro atoms. The van der Waals surface area contributed by atoms with Crippen LogP contribution in [-0.4, -0.2) is 5.78 Å². The van der Waals surface area contributed by atoms with Gasteiger partial charge in [-0.25, -0.2) is 0 Å². The Morgan fingerprint density at radius 2 is 1.61 bits per heavy atom. The van der Waals surface area contributed by atoms with Gasteiger partial charge in [0.1, 0.15) is 0 Å². The Morgan fingerprint density at radius 1 is 0.944 bits per heavy atom. The molecular formula is C17H22O. The molecule has 2 saturated carbocycles. The molecule has 1 atom stereocenters. The van der Waals surface area contributed by atoms with Crippen molar-refractivity contribution < 1.29 is 4.79 Å². The molecule has 18 heavy (non-hydrogen) atoms. The molecule has 0 amide bonds. The number of hydrogen-bond acceptors (Lipinski definition) is 1. The van der Waals surface area contributed by atoms with Gasteiger partial charge >= 0.3 is 0 Å². The third-order valence-electron chi connectivity index (χ3n) is 5.13. The zero-order valence-electron chi connectivity index (χ0n) is 11.0. The van der Waals surface area contributed by atoms with E-state index in [0.717, 1.165) is 12.0 Å². The molecule has 0 bridgehead atoms. The number of Topliss-reactive ketones (excluding diaryl/α,β-unsaturated/α-hetero) is 1. The Labute approximate surface area is 110 Å². The first-order valence-corrected chi connectivity index (χ1v) is 7.41. The minimum absolute atomic E-state index is 0.306. The molecule has 0 heterocycles. The second-order valence-corrected chi connectivity index (χ2v) is 6.10. The van der Waals surface area contributed by atoms with E-state index >= 15 is 0 Å². The van der Waals surface area contributed by atoms with Crippen LogP contribution in [0.3, 0.4) is 0 Å². The summed E-state index contributed by atoms with van der Waals surface area (Å²) in [6.07, 6.45) is 10.3. The lowest BCUT2D eigenvalue weighted by Crippen LogP contribution is -2.33. The Balaban J connectivity index is 1.84. The Hall–Kier alpha value is -1.11. The lowest BCUT2D eigenvalue weighted by Gasteiger charge is -2.38. The maximum atomic E-state index is 12.7. The van der Waals surface area contributed by atoms with Gasteiger partial charge in [-0.2, -0.15) is 0 Å². The summed E-state index contributed by atoms with van der Waals surface area (Å²) in [5.74, 6) is 0.718. The average molecular weight is 242 g/mol. The highest BCUT2D eigenvalue weighted by molar-refractivity contribution is 5.98. The van der Waals surface area contributed by atoms with Crippen LogP contribution in [0.5, 0.6) is 0 Å². The second kappa shape index (κ2) is 4.87. The van der Waals surface area contributed by atoms with Gasteiger partial charge in [-0.1, -0.05) is 56.0 Å². The number of benzene rings is 1. The summed E-state index contributed by atoms with van der Waals surface area (Å²) >= 11 is 0. The minimum Gasteiger partial charge on any atom is -0.294 e. The number of rotatable bonds is 2. The van der Waals surface area contributed by atoms with E-state index in [1.165, 1.54) is 44.9 Å². The van der Waals surface area contributed by atoms with E-state index in [4.69, 9.17) is 0 Å². The molecule has 0 N–H and O–H groups in total. The van der Waals surface area contributed by atoms with Gasteiger partial charge in [0.05, 0.1) is 0 Å². The summed E-state index contributed by atoms with van der Waals surface area (Å²) in [4.78, 5) is 12.7. The molecule has 1 heteroatoms. The first kappa shape index (κ1) is 12.0. The van der Waals surface area contributed by atoms with Crippen molar-refractivity contribution in [3.05, 3.63) is 35.9 Å².